The van der Waals surface area contributed by atoms with Crippen molar-refractivity contribution < 1.29 is 91.0 Å². The van der Waals surface area contributed by atoms with Crippen LogP contribution in [-0.2, 0) is 78.0 Å². The second kappa shape index (κ2) is 34.0. The Kier molecular flexibility index (Phi) is 27.2. The fourth-order valence-electron chi connectivity index (χ4n) is 11.1. The number of hydrogen-bond donors (Lipinski definition) is 7. The zero-order valence-corrected chi connectivity index (χ0v) is 56.5. The van der Waals surface area contributed by atoms with Crippen LogP contribution in [0.5, 0.6) is 5.75 Å². The number of hydrogen-bond acceptors (Lipinski definition) is 20. The lowest BCUT2D eigenvalue weighted by atomic mass is 9.78. The molecule has 28 nitrogen and oxygen atoms in total. The minimum Gasteiger partial charge on any atom is -0.497 e. The first-order valence-electron chi connectivity index (χ1n) is 31.0. The summed E-state index contributed by atoms with van der Waals surface area (Å²) in [4.78, 5) is 140. The van der Waals surface area contributed by atoms with Crippen molar-refractivity contribution in [1.82, 2.24) is 31.2 Å². The number of aliphatic hydroxyl groups is 1. The number of esters is 2. The van der Waals surface area contributed by atoms with E-state index in [2.05, 4.69) is 26.6 Å². The number of urea groups is 1. The van der Waals surface area contributed by atoms with Crippen LogP contribution in [0.4, 0.5) is 16.2 Å². The molecule has 10 atom stereocenters. The number of allylic oxidation sites excluding steroid dienone is 3. The Morgan fingerprint density at radius 2 is 1.62 bits per heavy atom. The Balaban J connectivity index is 1.14. The van der Waals surface area contributed by atoms with Gasteiger partial charge in [-0.05, 0) is 94.4 Å². The van der Waals surface area contributed by atoms with E-state index in [0.717, 1.165) is 16.0 Å². The molecule has 8 N–H and O–H groups in total. The highest BCUT2D eigenvalue weighted by Gasteiger charge is 2.64. The summed E-state index contributed by atoms with van der Waals surface area (Å²) in [6, 6.07) is 3.50. The third kappa shape index (κ3) is 20.1. The van der Waals surface area contributed by atoms with Crippen molar-refractivity contribution in [3.8, 4) is 5.75 Å². The first-order chi connectivity index (χ1) is 44.4. The van der Waals surface area contributed by atoms with Crippen LogP contribution in [0.25, 0.3) is 0 Å². The fourth-order valence-corrected chi connectivity index (χ4v) is 11.6. The summed E-state index contributed by atoms with van der Waals surface area (Å²) in [5.41, 5.74) is 4.95. The van der Waals surface area contributed by atoms with Crippen molar-refractivity contribution in [3.05, 3.63) is 75.8 Å². The van der Waals surface area contributed by atoms with Crippen molar-refractivity contribution in [2.24, 2.45) is 17.6 Å². The van der Waals surface area contributed by atoms with E-state index in [1.54, 1.807) is 53.0 Å². The number of rotatable bonds is 26. The number of methoxy groups -OCH3 is 2. The Hall–Kier alpha value is -7.80. The Morgan fingerprint density at radius 1 is 0.926 bits per heavy atom. The van der Waals surface area contributed by atoms with Gasteiger partial charge in [0.25, 0.3) is 17.7 Å². The van der Waals surface area contributed by atoms with Crippen molar-refractivity contribution >= 4 is 99.7 Å². The number of fused-ring (bicyclic) bond motifs is 5. The number of primary amides is 1. The number of anilines is 2. The van der Waals surface area contributed by atoms with Gasteiger partial charge in [0.1, 0.15) is 53.4 Å². The van der Waals surface area contributed by atoms with Gasteiger partial charge in [0, 0.05) is 65.5 Å². The normalized spacial score (nSPS) is 24.1. The first kappa shape index (κ1) is 75.2. The molecular weight excluding hydrogens is 1270 g/mol. The van der Waals surface area contributed by atoms with E-state index < -0.39 is 131 Å². The number of epoxide rings is 1. The lowest BCUT2D eigenvalue weighted by molar-refractivity contribution is -0.198. The lowest BCUT2D eigenvalue weighted by Crippen LogP contribution is -2.56. The van der Waals surface area contributed by atoms with Gasteiger partial charge in [-0.15, -0.1) is 5.06 Å². The summed E-state index contributed by atoms with van der Waals surface area (Å²) in [6.45, 7) is 12.7. The molecule has 4 bridgehead atoms. The molecule has 30 heteroatoms. The second-order valence-corrected chi connectivity index (χ2v) is 25.1. The minimum atomic E-state index is -1.68. The molecule has 0 saturated carbocycles. The maximum Gasteiger partial charge on any atom is 0.335 e. The van der Waals surface area contributed by atoms with Crippen LogP contribution in [0.2, 0.25) is 5.02 Å². The van der Waals surface area contributed by atoms with Gasteiger partial charge in [-0.1, -0.05) is 62.2 Å². The van der Waals surface area contributed by atoms with E-state index in [9.17, 15) is 53.1 Å². The van der Waals surface area contributed by atoms with Gasteiger partial charge < -0.3 is 85.2 Å². The van der Waals surface area contributed by atoms with Crippen LogP contribution in [-0.4, -0.2) is 201 Å². The van der Waals surface area contributed by atoms with Crippen LogP contribution in [0, 0.1) is 18.8 Å². The molecule has 516 valence electrons. The van der Waals surface area contributed by atoms with Crippen LogP contribution in [0.3, 0.4) is 0 Å². The van der Waals surface area contributed by atoms with Gasteiger partial charge in [-0.25, -0.2) is 14.4 Å². The summed E-state index contributed by atoms with van der Waals surface area (Å²) >= 11 is 12.4. The van der Waals surface area contributed by atoms with Gasteiger partial charge in [0.15, 0.2) is 5.11 Å². The topological polar surface area (TPSA) is 364 Å². The highest BCUT2D eigenvalue weighted by molar-refractivity contribution is 7.80. The SMILES string of the molecule is COc1ccc(C(=O)N(C)[C@@H](C)C(=O)O[C@H]2CC(=O)N(C)c3cc(cc(C)c3Cl)C/C(C)=C/C=C/[C@@H](OC)[C@]3(O)CC(=O)O[C@@H](C3)[C@@H](C)[C@@H]3O[C@@]23C)c(NC(=O)[C@H](CCCNC(N)=O)NC(=O)[C@@H](NC(=S)NCCOCCOCCC(=O)ON2C(=O)CCC2=O)C(C)C)c1. The molecule has 3 saturated heterocycles. The number of nitrogens with one attached hydrogen (secondary N) is 5. The van der Waals surface area contributed by atoms with E-state index in [-0.39, 0.29) is 107 Å². The predicted molar refractivity (Wildman–Crippen MR) is 346 cm³/mol. The van der Waals surface area contributed by atoms with Crippen molar-refractivity contribution in [2.75, 3.05) is 78.0 Å². The second-order valence-electron chi connectivity index (χ2n) is 24.3. The number of thiocarbonyl (C=S) groups is 1. The van der Waals surface area contributed by atoms with E-state index in [0.29, 0.717) is 27.8 Å². The molecular formula is C64H88ClN9O19S. The van der Waals surface area contributed by atoms with Gasteiger partial charge in [-0.3, -0.25) is 33.6 Å². The molecule has 4 aliphatic heterocycles. The molecule has 0 radical (unpaired) electrons. The molecule has 2 aromatic carbocycles. The smallest absolute Gasteiger partial charge is 0.335 e. The molecule has 6 rings (SSSR count). The van der Waals surface area contributed by atoms with Crippen LogP contribution in [0.1, 0.15) is 114 Å². The van der Waals surface area contributed by atoms with E-state index in [1.165, 1.54) is 51.3 Å². The lowest BCUT2D eigenvalue weighted by Gasteiger charge is -2.41. The number of imide groups is 1. The number of ether oxygens (including phenoxy) is 7. The fraction of sp³-hybridized carbons (Fsp3) is 0.578. The molecule has 0 aliphatic carbocycles. The van der Waals surface area contributed by atoms with Gasteiger partial charge in [0.2, 0.25) is 17.7 Å². The third-order valence-corrected chi connectivity index (χ3v) is 17.6. The molecule has 0 aromatic heterocycles. The number of benzene rings is 2. The summed E-state index contributed by atoms with van der Waals surface area (Å²) in [6.07, 6.45) is 0.929. The predicted octanol–water partition coefficient (Wildman–Crippen LogP) is 3.78. The van der Waals surface area contributed by atoms with Crippen molar-refractivity contribution in [3.63, 3.8) is 0 Å². The van der Waals surface area contributed by atoms with Crippen molar-refractivity contribution in [2.45, 2.75) is 160 Å². The van der Waals surface area contributed by atoms with Gasteiger partial charge in [-0.2, -0.15) is 0 Å². The minimum absolute atomic E-state index is 0.0184. The average molecular weight is 1350 g/mol. The third-order valence-electron chi connectivity index (χ3n) is 16.8. The monoisotopic (exact) mass is 1350 g/mol. The molecule has 0 spiro atoms. The molecule has 4 heterocycles. The number of carbonyl (C=O) groups excluding carboxylic acids is 10. The Morgan fingerprint density at radius 3 is 2.28 bits per heavy atom. The summed E-state index contributed by atoms with van der Waals surface area (Å²) in [7, 11) is 5.72. The molecule has 3 fully saturated rings. The summed E-state index contributed by atoms with van der Waals surface area (Å²) < 4.78 is 40.7. The number of carbonyl (C=O) groups is 10. The zero-order valence-electron chi connectivity index (χ0n) is 54.9. The van der Waals surface area contributed by atoms with E-state index in [1.807, 2.05) is 26.0 Å². The number of halogens is 1. The summed E-state index contributed by atoms with van der Waals surface area (Å²) in [5.74, 6) is -7.04. The number of nitrogens with zero attached hydrogens (tertiary/aromatic N) is 3. The van der Waals surface area contributed by atoms with E-state index in [4.69, 9.17) is 67.5 Å². The molecule has 0 unspecified atom stereocenters. The molecule has 8 amide bonds. The molecule has 4 aliphatic rings. The van der Waals surface area contributed by atoms with E-state index >= 15 is 0 Å². The number of nitrogens with two attached hydrogens (primary N) is 1. The summed E-state index contributed by atoms with van der Waals surface area (Å²) in [5, 5.41) is 26.9. The first-order valence-corrected chi connectivity index (χ1v) is 31.8. The highest BCUT2D eigenvalue weighted by Crippen LogP contribution is 2.50. The number of amides is 8. The Labute approximate surface area is 556 Å². The van der Waals surface area contributed by atoms with Crippen molar-refractivity contribution in [1.29, 1.82) is 0 Å². The molecule has 2 aromatic rings. The molecule has 94 heavy (non-hydrogen) atoms. The quantitative estimate of drug-likeness (QED) is 0.0232. The maximum absolute atomic E-state index is 14.7. The largest absolute Gasteiger partial charge is 0.497 e. The number of aryl methyl sites for hydroxylation is 1. The zero-order chi connectivity index (χ0) is 69.4. The Bertz CT molecular complexity index is 3210. The standard InChI is InChI=1S/C64H88ClN9O19S/c1-35(2)55(71-62(94)68-23-25-89-27-26-88-24-21-52(78)93-74-49(75)19-20-50(74)76)58(81)69-43(15-13-22-67-61(66)84)57(80)70-44-31-41(86-10)17-18-42(44)59(82)72(8)39(6)60(83)91-48-32-51(77)73(9)45-30-40(29-37(4)54(45)65)28-36(3)14-12-16-47(87-11)64(85)33-46(90-53(79)34-64)38(5)56-63(48,7)92-56/h12,14,16-18,29-31,35,38-39,43,46-48,55-56,85H,13,15,19-28,32-34H2,1-11H3,(H,69,81)(H,70,80)(H3,66,67,84)(H2,68,71,94)/b16-12+,36-14+/t38-,39+,43+,46+,47-,48+,55+,56+,63+,64-/m1/s1. The number of hydroxylamine groups is 2. The maximum atomic E-state index is 14.7. The highest BCUT2D eigenvalue weighted by atomic mass is 35.5. The van der Waals surface area contributed by atoms with Gasteiger partial charge in [0.05, 0.1) is 80.9 Å². The average Bonchev–Trinajstić information content (AvgIpc) is 1.57. The van der Waals surface area contributed by atoms with Crippen LogP contribution >= 0.6 is 23.8 Å². The number of likely N-dealkylation sites (N-methyl/N-ethyl adjacent to an activating group) is 1. The van der Waals surface area contributed by atoms with Gasteiger partial charge >= 0.3 is 23.9 Å². The van der Waals surface area contributed by atoms with Crippen LogP contribution in [0.15, 0.2) is 54.1 Å². The van der Waals surface area contributed by atoms with Crippen LogP contribution < -0.4 is 42.0 Å².